The van der Waals surface area contributed by atoms with Crippen molar-refractivity contribution < 1.29 is 4.79 Å². The Bertz CT molecular complexity index is 219. The molecule has 0 radical (unpaired) electrons. The van der Waals surface area contributed by atoms with Gasteiger partial charge in [-0.25, -0.2) is 6.57 Å². The molecule has 0 aromatic heterocycles. The Morgan fingerprint density at radius 2 is 2.36 bits per heavy atom. The molecule has 1 aliphatic heterocycles. The van der Waals surface area contributed by atoms with Crippen LogP contribution in [0.4, 0.5) is 0 Å². The summed E-state index contributed by atoms with van der Waals surface area (Å²) in [5, 5.41) is 0. The number of piperidine rings is 1. The molecule has 0 aromatic carbocycles. The summed E-state index contributed by atoms with van der Waals surface area (Å²) in [7, 11) is 1.94. The van der Waals surface area contributed by atoms with Gasteiger partial charge in [-0.05, 0) is 7.05 Å². The maximum Gasteiger partial charge on any atom is 0.299 e. The number of nitrogens with zero attached hydrogens (tertiary/aromatic N) is 2. The third kappa shape index (κ3) is 1.41. The first-order valence-corrected chi connectivity index (χ1v) is 3.69. The Morgan fingerprint density at radius 1 is 1.73 bits per heavy atom. The van der Waals surface area contributed by atoms with Crippen LogP contribution in [0, 0.1) is 6.57 Å². The average molecular weight is 152 g/mol. The van der Waals surface area contributed by atoms with Crippen molar-refractivity contribution in [1.29, 1.82) is 0 Å². The second kappa shape index (κ2) is 2.63. The van der Waals surface area contributed by atoms with Crippen LogP contribution in [0.2, 0.25) is 0 Å². The summed E-state index contributed by atoms with van der Waals surface area (Å²) < 4.78 is 0. The van der Waals surface area contributed by atoms with Gasteiger partial charge in [-0.1, -0.05) is 0 Å². The lowest BCUT2D eigenvalue weighted by Gasteiger charge is -2.28. The molecule has 1 atom stereocenters. The van der Waals surface area contributed by atoms with Crippen LogP contribution in [0.25, 0.3) is 4.85 Å². The van der Waals surface area contributed by atoms with Crippen molar-refractivity contribution in [3.63, 3.8) is 0 Å². The normalized spacial score (nSPS) is 33.4. The van der Waals surface area contributed by atoms with Gasteiger partial charge in [0.05, 0.1) is 6.54 Å². The monoisotopic (exact) mass is 152 g/mol. The third-order valence-electron chi connectivity index (χ3n) is 2.15. The number of likely N-dealkylation sites (N-methyl/N-ethyl adjacent to an activating group) is 1. The van der Waals surface area contributed by atoms with Crippen LogP contribution in [0.3, 0.4) is 0 Å². The van der Waals surface area contributed by atoms with Gasteiger partial charge in [-0.15, -0.1) is 0 Å². The third-order valence-corrected chi connectivity index (χ3v) is 2.15. The van der Waals surface area contributed by atoms with Gasteiger partial charge in [0.2, 0.25) is 5.78 Å². The minimum Gasteiger partial charge on any atom is -0.301 e. The molecule has 0 saturated carbocycles. The Hall–Kier alpha value is -0.880. The van der Waals surface area contributed by atoms with Gasteiger partial charge in [-0.2, -0.15) is 0 Å². The molecule has 0 spiro atoms. The summed E-state index contributed by atoms with van der Waals surface area (Å²) in [6.07, 6.45) is 0.523. The summed E-state index contributed by atoms with van der Waals surface area (Å²) in [6.45, 7) is 9.99. The number of ketones is 1. The minimum absolute atomic E-state index is 0.0885. The van der Waals surface area contributed by atoms with Crippen molar-refractivity contribution in [2.45, 2.75) is 18.9 Å². The molecule has 0 aromatic rings. The van der Waals surface area contributed by atoms with E-state index in [1.807, 2.05) is 11.9 Å². The number of Topliss-reactive ketones (excluding diaryl/α,β-unsaturated/α-hetero) is 1. The Kier molecular flexibility index (Phi) is 1.97. The zero-order valence-corrected chi connectivity index (χ0v) is 6.92. The maximum atomic E-state index is 11.3. The van der Waals surface area contributed by atoms with E-state index in [0.717, 1.165) is 6.54 Å². The highest BCUT2D eigenvalue weighted by molar-refractivity contribution is 5.91. The van der Waals surface area contributed by atoms with Gasteiger partial charge in [0.1, 0.15) is 0 Å². The van der Waals surface area contributed by atoms with Crippen LogP contribution < -0.4 is 0 Å². The molecule has 1 aliphatic rings. The van der Waals surface area contributed by atoms with E-state index in [9.17, 15) is 4.79 Å². The quantitative estimate of drug-likeness (QED) is 0.474. The SMILES string of the molecule is [C-]#[N+]C1(C)CN(C)CCC1=O. The van der Waals surface area contributed by atoms with Crippen LogP contribution in [0.5, 0.6) is 0 Å². The fraction of sp³-hybridized carbons (Fsp3) is 0.750. The van der Waals surface area contributed by atoms with Crippen LogP contribution in [-0.4, -0.2) is 36.4 Å². The topological polar surface area (TPSA) is 24.7 Å². The number of hydrogen-bond acceptors (Lipinski definition) is 2. The molecule has 1 unspecified atom stereocenters. The van der Waals surface area contributed by atoms with E-state index in [4.69, 9.17) is 6.57 Å². The number of carbonyl (C=O) groups is 1. The summed E-state index contributed by atoms with van der Waals surface area (Å²) in [6, 6.07) is 0. The largest absolute Gasteiger partial charge is 0.301 e. The van der Waals surface area contributed by atoms with Gasteiger partial charge in [0.15, 0.2) is 0 Å². The van der Waals surface area contributed by atoms with Crippen molar-refractivity contribution in [2.75, 3.05) is 20.1 Å². The standard InChI is InChI=1S/C8H12N2O/c1-8(9-2)6-10(3)5-4-7(8)11/h4-6H2,1,3H3. The molecule has 0 N–H and O–H groups in total. The van der Waals surface area contributed by atoms with Crippen LogP contribution in [0.1, 0.15) is 13.3 Å². The molecule has 0 aliphatic carbocycles. The van der Waals surface area contributed by atoms with E-state index < -0.39 is 5.54 Å². The molecule has 1 rings (SSSR count). The van der Waals surface area contributed by atoms with Gasteiger partial charge in [0.25, 0.3) is 5.54 Å². The van der Waals surface area contributed by atoms with Gasteiger partial charge < -0.3 is 4.85 Å². The van der Waals surface area contributed by atoms with Crippen LogP contribution in [-0.2, 0) is 4.79 Å². The lowest BCUT2D eigenvalue weighted by atomic mass is 9.91. The molecule has 1 saturated heterocycles. The summed E-state index contributed by atoms with van der Waals surface area (Å²) >= 11 is 0. The highest BCUT2D eigenvalue weighted by atomic mass is 16.1. The Labute approximate surface area is 66.8 Å². The fourth-order valence-electron chi connectivity index (χ4n) is 1.35. The predicted octanol–water partition coefficient (Wildman–Crippen LogP) is 0.569. The summed E-state index contributed by atoms with van der Waals surface area (Å²) in [5.74, 6) is 0.0885. The fourth-order valence-corrected chi connectivity index (χ4v) is 1.35. The van der Waals surface area contributed by atoms with Crippen LogP contribution >= 0.6 is 0 Å². The molecule has 0 amide bonds. The molecule has 3 nitrogen and oxygen atoms in total. The first-order chi connectivity index (χ1) is 5.08. The molecule has 11 heavy (non-hydrogen) atoms. The molecule has 1 heterocycles. The maximum absolute atomic E-state index is 11.3. The molecule has 1 fully saturated rings. The predicted molar refractivity (Wildman–Crippen MR) is 42.1 cm³/mol. The first-order valence-electron chi connectivity index (χ1n) is 3.69. The van der Waals surface area contributed by atoms with Gasteiger partial charge in [0, 0.05) is 19.9 Å². The van der Waals surface area contributed by atoms with E-state index in [1.165, 1.54) is 0 Å². The van der Waals surface area contributed by atoms with E-state index in [-0.39, 0.29) is 5.78 Å². The zero-order chi connectivity index (χ0) is 8.48. The highest BCUT2D eigenvalue weighted by Gasteiger charge is 2.43. The van der Waals surface area contributed by atoms with Crippen molar-refractivity contribution in [3.05, 3.63) is 11.4 Å². The Balaban J connectivity index is 2.78. The second-order valence-corrected chi connectivity index (χ2v) is 3.30. The van der Waals surface area contributed by atoms with Crippen molar-refractivity contribution in [2.24, 2.45) is 0 Å². The van der Waals surface area contributed by atoms with E-state index in [2.05, 4.69) is 4.85 Å². The summed E-state index contributed by atoms with van der Waals surface area (Å²) in [5.41, 5.74) is -0.771. The minimum atomic E-state index is -0.771. The average Bonchev–Trinajstić information content (AvgIpc) is 1.98. The second-order valence-electron chi connectivity index (χ2n) is 3.30. The number of carbonyl (C=O) groups excluding carboxylic acids is 1. The van der Waals surface area contributed by atoms with Crippen molar-refractivity contribution in [1.82, 2.24) is 4.90 Å². The first kappa shape index (κ1) is 8.22. The van der Waals surface area contributed by atoms with Crippen molar-refractivity contribution in [3.8, 4) is 0 Å². The van der Waals surface area contributed by atoms with Gasteiger partial charge in [-0.3, -0.25) is 9.69 Å². The molecular formula is C8H12N2O. The lowest BCUT2D eigenvalue weighted by molar-refractivity contribution is -0.125. The molecular weight excluding hydrogens is 140 g/mol. The molecule has 0 bridgehead atoms. The Morgan fingerprint density at radius 3 is 2.82 bits per heavy atom. The van der Waals surface area contributed by atoms with Crippen molar-refractivity contribution >= 4 is 5.78 Å². The number of rotatable bonds is 0. The smallest absolute Gasteiger partial charge is 0.299 e. The lowest BCUT2D eigenvalue weighted by Crippen LogP contribution is -2.49. The molecule has 60 valence electrons. The highest BCUT2D eigenvalue weighted by Crippen LogP contribution is 2.19. The number of hydrogen-bond donors (Lipinski definition) is 0. The van der Waals surface area contributed by atoms with E-state index in [0.29, 0.717) is 13.0 Å². The van der Waals surface area contributed by atoms with E-state index >= 15 is 0 Å². The van der Waals surface area contributed by atoms with Gasteiger partial charge >= 0.3 is 0 Å². The van der Waals surface area contributed by atoms with E-state index in [1.54, 1.807) is 6.92 Å². The summed E-state index contributed by atoms with van der Waals surface area (Å²) in [4.78, 5) is 16.6. The number of likely N-dealkylation sites (tertiary alicyclic amines) is 1. The van der Waals surface area contributed by atoms with Crippen LogP contribution in [0.15, 0.2) is 0 Å². The zero-order valence-electron chi connectivity index (χ0n) is 6.92. The molecule has 3 heteroatoms.